The summed E-state index contributed by atoms with van der Waals surface area (Å²) < 4.78 is 0. The number of nitrogens with one attached hydrogen (secondary N) is 1. The molecule has 0 radical (unpaired) electrons. The number of amides is 1. The number of hydrogen-bond donors (Lipinski definition) is 2. The van der Waals surface area contributed by atoms with Gasteiger partial charge in [-0.25, -0.2) is 0 Å². The molecule has 0 fully saturated rings. The molecule has 1 unspecified atom stereocenters. The van der Waals surface area contributed by atoms with Gasteiger partial charge >= 0.3 is 0 Å². The van der Waals surface area contributed by atoms with Crippen LogP contribution in [0.4, 0.5) is 5.69 Å². The van der Waals surface area contributed by atoms with E-state index in [1.54, 1.807) is 36.7 Å². The van der Waals surface area contributed by atoms with Crippen molar-refractivity contribution in [3.8, 4) is 11.1 Å². The molecule has 1 aromatic heterocycles. The summed E-state index contributed by atoms with van der Waals surface area (Å²) in [5.41, 5.74) is 3.81. The summed E-state index contributed by atoms with van der Waals surface area (Å²) in [5, 5.41) is 14.5. The predicted octanol–water partition coefficient (Wildman–Crippen LogP) is 5.74. The number of carbonyl (C=O) groups is 1. The summed E-state index contributed by atoms with van der Waals surface area (Å²) in [6, 6.07) is 25.5. The number of para-hydroxylation sites is 1. The highest BCUT2D eigenvalue weighted by molar-refractivity contribution is 6.30. The summed E-state index contributed by atoms with van der Waals surface area (Å²) in [4.78, 5) is 17.2. The van der Waals surface area contributed by atoms with Gasteiger partial charge in [0.25, 0.3) is 5.91 Å². The first kappa shape index (κ1) is 19.8. The lowest BCUT2D eigenvalue weighted by Gasteiger charge is -2.18. The highest BCUT2D eigenvalue weighted by Gasteiger charge is 2.20. The zero-order valence-corrected chi connectivity index (χ0v) is 16.8. The molecule has 0 bridgehead atoms. The second-order valence-corrected chi connectivity index (χ2v) is 7.22. The van der Waals surface area contributed by atoms with Crippen molar-refractivity contribution in [2.24, 2.45) is 0 Å². The van der Waals surface area contributed by atoms with Crippen LogP contribution in [0.15, 0.2) is 97.3 Å². The minimum absolute atomic E-state index is 0.256. The number of benzene rings is 3. The summed E-state index contributed by atoms with van der Waals surface area (Å²) in [5.74, 6) is -0.256. The quantitative estimate of drug-likeness (QED) is 0.438. The lowest BCUT2D eigenvalue weighted by atomic mass is 9.91. The fraction of sp³-hybridized carbons (Fsp3) is 0.0400. The number of hydrogen-bond acceptors (Lipinski definition) is 3. The lowest BCUT2D eigenvalue weighted by molar-refractivity contribution is 0.102. The normalized spacial score (nSPS) is 11.7. The van der Waals surface area contributed by atoms with E-state index < -0.39 is 6.10 Å². The molecule has 1 heterocycles. The van der Waals surface area contributed by atoms with E-state index in [0.717, 1.165) is 5.56 Å². The molecule has 0 saturated carbocycles. The van der Waals surface area contributed by atoms with Crippen LogP contribution in [0.1, 0.15) is 27.6 Å². The van der Waals surface area contributed by atoms with Crippen molar-refractivity contribution < 1.29 is 9.90 Å². The molecular formula is C25H19ClN2O2. The summed E-state index contributed by atoms with van der Waals surface area (Å²) in [6.45, 7) is 0. The molecule has 0 aliphatic carbocycles. The average Bonchev–Trinajstić information content (AvgIpc) is 2.80. The second kappa shape index (κ2) is 8.91. The minimum atomic E-state index is -0.898. The molecular weight excluding hydrogens is 396 g/mol. The number of aliphatic hydroxyl groups excluding tert-OH is 1. The minimum Gasteiger partial charge on any atom is -0.384 e. The third kappa shape index (κ3) is 4.25. The standard InChI is InChI=1S/C25H19ClN2O2/c26-18-11-12-20(22(15-18)24(29)17-7-3-1-4-8-17)23-16-27-14-13-21(23)25(30)28-19-9-5-2-6-10-19/h1-16,24,29H,(H,28,30). The van der Waals surface area contributed by atoms with Gasteiger partial charge in [0.2, 0.25) is 0 Å². The predicted molar refractivity (Wildman–Crippen MR) is 120 cm³/mol. The van der Waals surface area contributed by atoms with Crippen molar-refractivity contribution in [3.05, 3.63) is 119 Å². The van der Waals surface area contributed by atoms with Gasteiger partial charge in [0.15, 0.2) is 0 Å². The highest BCUT2D eigenvalue weighted by atomic mass is 35.5. The van der Waals surface area contributed by atoms with Crippen molar-refractivity contribution in [2.75, 3.05) is 5.32 Å². The van der Waals surface area contributed by atoms with Gasteiger partial charge in [0, 0.05) is 28.7 Å². The maximum absolute atomic E-state index is 13.0. The van der Waals surface area contributed by atoms with E-state index in [-0.39, 0.29) is 5.91 Å². The van der Waals surface area contributed by atoms with E-state index >= 15 is 0 Å². The van der Waals surface area contributed by atoms with Gasteiger partial charge in [-0.3, -0.25) is 9.78 Å². The Morgan fingerprint density at radius 2 is 1.60 bits per heavy atom. The fourth-order valence-electron chi connectivity index (χ4n) is 3.35. The molecule has 148 valence electrons. The van der Waals surface area contributed by atoms with Crippen LogP contribution in [0.2, 0.25) is 5.02 Å². The number of pyridine rings is 1. The van der Waals surface area contributed by atoms with Crippen LogP contribution < -0.4 is 5.32 Å². The van der Waals surface area contributed by atoms with Gasteiger partial charge in [0.1, 0.15) is 6.10 Å². The van der Waals surface area contributed by atoms with E-state index in [4.69, 9.17) is 11.6 Å². The average molecular weight is 415 g/mol. The maximum atomic E-state index is 13.0. The third-order valence-electron chi connectivity index (χ3n) is 4.81. The molecule has 0 spiro atoms. The Morgan fingerprint density at radius 3 is 2.33 bits per heavy atom. The Labute approximate surface area is 179 Å². The van der Waals surface area contributed by atoms with Gasteiger partial charge in [-0.2, -0.15) is 0 Å². The van der Waals surface area contributed by atoms with Crippen LogP contribution in [0.25, 0.3) is 11.1 Å². The number of nitrogens with zero attached hydrogens (tertiary/aromatic N) is 1. The summed E-state index contributed by atoms with van der Waals surface area (Å²) in [6.07, 6.45) is 2.31. The lowest BCUT2D eigenvalue weighted by Crippen LogP contribution is -2.14. The zero-order chi connectivity index (χ0) is 20.9. The van der Waals surface area contributed by atoms with Crippen molar-refractivity contribution in [3.63, 3.8) is 0 Å². The van der Waals surface area contributed by atoms with Gasteiger partial charge in [-0.05, 0) is 47.0 Å². The maximum Gasteiger partial charge on any atom is 0.256 e. The molecule has 4 nitrogen and oxygen atoms in total. The molecule has 2 N–H and O–H groups in total. The summed E-state index contributed by atoms with van der Waals surface area (Å²) >= 11 is 6.24. The summed E-state index contributed by atoms with van der Waals surface area (Å²) in [7, 11) is 0. The SMILES string of the molecule is O=C(Nc1ccccc1)c1ccncc1-c1ccc(Cl)cc1C(O)c1ccccc1. The topological polar surface area (TPSA) is 62.2 Å². The molecule has 4 aromatic rings. The van der Waals surface area contributed by atoms with Crippen molar-refractivity contribution in [2.45, 2.75) is 6.10 Å². The Balaban J connectivity index is 1.78. The van der Waals surface area contributed by atoms with Gasteiger partial charge in [-0.15, -0.1) is 0 Å². The van der Waals surface area contributed by atoms with Gasteiger partial charge < -0.3 is 10.4 Å². The molecule has 3 aromatic carbocycles. The number of aliphatic hydroxyl groups is 1. The van der Waals surface area contributed by atoms with Gasteiger partial charge in [-0.1, -0.05) is 66.2 Å². The van der Waals surface area contributed by atoms with E-state index in [2.05, 4.69) is 10.3 Å². The molecule has 0 aliphatic heterocycles. The first-order chi connectivity index (χ1) is 14.6. The number of carbonyl (C=O) groups excluding carboxylic acids is 1. The van der Waals surface area contributed by atoms with Crippen LogP contribution in [-0.4, -0.2) is 16.0 Å². The van der Waals surface area contributed by atoms with E-state index in [1.807, 2.05) is 60.7 Å². The Hall–Kier alpha value is -3.47. The molecule has 5 heteroatoms. The second-order valence-electron chi connectivity index (χ2n) is 6.79. The number of halogens is 1. The number of rotatable bonds is 5. The molecule has 0 aliphatic rings. The van der Waals surface area contributed by atoms with Crippen LogP contribution in [-0.2, 0) is 0 Å². The van der Waals surface area contributed by atoms with E-state index in [9.17, 15) is 9.90 Å². The smallest absolute Gasteiger partial charge is 0.256 e. The first-order valence-electron chi connectivity index (χ1n) is 9.47. The molecule has 4 rings (SSSR count). The first-order valence-corrected chi connectivity index (χ1v) is 9.84. The Bertz CT molecular complexity index is 1160. The molecule has 0 saturated heterocycles. The van der Waals surface area contributed by atoms with Crippen molar-refractivity contribution >= 4 is 23.2 Å². The Morgan fingerprint density at radius 1 is 0.900 bits per heavy atom. The monoisotopic (exact) mass is 414 g/mol. The zero-order valence-electron chi connectivity index (χ0n) is 16.0. The van der Waals surface area contributed by atoms with E-state index in [1.165, 1.54) is 0 Å². The van der Waals surface area contributed by atoms with Crippen LogP contribution in [0, 0.1) is 0 Å². The fourth-order valence-corrected chi connectivity index (χ4v) is 3.53. The number of aromatic nitrogens is 1. The largest absolute Gasteiger partial charge is 0.384 e. The van der Waals surface area contributed by atoms with Crippen LogP contribution >= 0.6 is 11.6 Å². The van der Waals surface area contributed by atoms with Crippen molar-refractivity contribution in [1.82, 2.24) is 4.98 Å². The van der Waals surface area contributed by atoms with Crippen LogP contribution in [0.3, 0.4) is 0 Å². The van der Waals surface area contributed by atoms with Gasteiger partial charge in [0.05, 0.1) is 5.56 Å². The highest BCUT2D eigenvalue weighted by Crippen LogP contribution is 2.35. The van der Waals surface area contributed by atoms with Crippen LogP contribution in [0.5, 0.6) is 0 Å². The molecule has 1 atom stereocenters. The molecule has 30 heavy (non-hydrogen) atoms. The van der Waals surface area contributed by atoms with Crippen molar-refractivity contribution in [1.29, 1.82) is 0 Å². The Kier molecular flexibility index (Phi) is 5.89. The molecule has 1 amide bonds. The van der Waals surface area contributed by atoms with E-state index in [0.29, 0.717) is 33.0 Å². The third-order valence-corrected chi connectivity index (χ3v) is 5.05. The number of anilines is 1.